The summed E-state index contributed by atoms with van der Waals surface area (Å²) in [5.74, 6) is 0.119. The standard InChI is InChI=1S/C10H12NO2.C5H5.Fe/c12-10(9-3-1-2-4-9)11-5-7-13-8-6-11;1-2-4-5-3-1;/h1-4H,5-8H2;1-5H;/q-1;-5;. The molecule has 1 heterocycles. The molecule has 0 aliphatic carbocycles. The van der Waals surface area contributed by atoms with Gasteiger partial charge in [0.1, 0.15) is 0 Å². The number of amides is 1. The van der Waals surface area contributed by atoms with Crippen molar-refractivity contribution in [1.29, 1.82) is 0 Å². The van der Waals surface area contributed by atoms with Gasteiger partial charge in [0, 0.05) is 30.2 Å². The Bertz CT molecular complexity index is 413. The maximum atomic E-state index is 11.7. The number of ether oxygens (including phenoxy) is 1. The van der Waals surface area contributed by atoms with Gasteiger partial charge in [0.05, 0.1) is 13.2 Å². The molecule has 1 saturated heterocycles. The molecule has 2 aromatic carbocycles. The first-order chi connectivity index (χ1) is 8.88. The van der Waals surface area contributed by atoms with E-state index in [1.54, 1.807) is 0 Å². The Labute approximate surface area is 124 Å². The molecule has 1 fully saturated rings. The molecule has 0 N–H and O–H groups in total. The number of morpholine rings is 1. The molecule has 0 bridgehead atoms. The predicted molar refractivity (Wildman–Crippen MR) is 70.8 cm³/mol. The van der Waals surface area contributed by atoms with E-state index in [0.29, 0.717) is 26.3 Å². The molecular formula is C15H17FeNO2-6. The average Bonchev–Trinajstić information content (AvgIpc) is 3.14. The van der Waals surface area contributed by atoms with Gasteiger partial charge in [-0.3, -0.25) is 4.79 Å². The Kier molecular flexibility index (Phi) is 7.19. The Hall–Kier alpha value is -1.35. The molecule has 0 atom stereocenters. The third-order valence-corrected chi connectivity index (χ3v) is 2.76. The van der Waals surface area contributed by atoms with Crippen LogP contribution in [0.1, 0.15) is 10.4 Å². The van der Waals surface area contributed by atoms with E-state index in [2.05, 4.69) is 0 Å². The van der Waals surface area contributed by atoms with Gasteiger partial charge in [-0.1, -0.05) is 5.56 Å². The van der Waals surface area contributed by atoms with Gasteiger partial charge in [0.15, 0.2) is 5.91 Å². The zero-order valence-electron chi connectivity index (χ0n) is 10.6. The van der Waals surface area contributed by atoms with Crippen LogP contribution in [0.25, 0.3) is 0 Å². The summed E-state index contributed by atoms with van der Waals surface area (Å²) in [6, 6.07) is 17.5. The molecule has 0 saturated carbocycles. The molecular weight excluding hydrogens is 282 g/mol. The van der Waals surface area contributed by atoms with E-state index in [1.165, 1.54) is 0 Å². The van der Waals surface area contributed by atoms with Crippen LogP contribution in [0.2, 0.25) is 0 Å². The number of hydrogen-bond acceptors (Lipinski definition) is 2. The third-order valence-electron chi connectivity index (χ3n) is 2.76. The molecule has 4 heteroatoms. The predicted octanol–water partition coefficient (Wildman–Crippen LogP) is 2.28. The Morgan fingerprint density at radius 1 is 1.00 bits per heavy atom. The molecule has 19 heavy (non-hydrogen) atoms. The van der Waals surface area contributed by atoms with Gasteiger partial charge in [0.2, 0.25) is 0 Å². The van der Waals surface area contributed by atoms with Gasteiger partial charge in [-0.2, -0.15) is 12.1 Å². The topological polar surface area (TPSA) is 29.5 Å². The van der Waals surface area contributed by atoms with Crippen molar-refractivity contribution in [2.24, 2.45) is 0 Å². The van der Waals surface area contributed by atoms with E-state index in [1.807, 2.05) is 59.5 Å². The molecule has 1 aliphatic rings. The van der Waals surface area contributed by atoms with Gasteiger partial charge < -0.3 is 40.0 Å². The van der Waals surface area contributed by atoms with E-state index in [-0.39, 0.29) is 23.0 Å². The smallest absolute Gasteiger partial charge is 0.198 e. The third kappa shape index (κ3) is 5.03. The van der Waals surface area contributed by atoms with Crippen molar-refractivity contribution in [2.75, 3.05) is 26.3 Å². The summed E-state index contributed by atoms with van der Waals surface area (Å²) in [4.78, 5) is 13.6. The number of carbonyl (C=O) groups is 1. The van der Waals surface area contributed by atoms with Crippen LogP contribution in [0.3, 0.4) is 0 Å². The van der Waals surface area contributed by atoms with E-state index >= 15 is 0 Å². The van der Waals surface area contributed by atoms with E-state index < -0.39 is 0 Å². The molecule has 0 radical (unpaired) electrons. The van der Waals surface area contributed by atoms with Crippen molar-refractivity contribution in [2.45, 2.75) is 0 Å². The summed E-state index contributed by atoms with van der Waals surface area (Å²) in [5.41, 5.74) is 0.780. The van der Waals surface area contributed by atoms with Crippen molar-refractivity contribution < 1.29 is 26.6 Å². The normalized spacial score (nSPS) is 14.0. The molecule has 3 rings (SSSR count). The van der Waals surface area contributed by atoms with Gasteiger partial charge in [-0.25, -0.2) is 12.1 Å². The largest absolute Gasteiger partial charge is 0.748 e. The summed E-state index contributed by atoms with van der Waals surface area (Å²) in [6.45, 7) is 2.74. The van der Waals surface area contributed by atoms with Crippen LogP contribution in [0.15, 0.2) is 54.6 Å². The van der Waals surface area contributed by atoms with Gasteiger partial charge in [0.25, 0.3) is 0 Å². The van der Waals surface area contributed by atoms with E-state index in [4.69, 9.17) is 4.74 Å². The zero-order chi connectivity index (χ0) is 12.6. The van der Waals surface area contributed by atoms with Crippen LogP contribution in [-0.4, -0.2) is 37.1 Å². The molecule has 3 nitrogen and oxygen atoms in total. The second kappa shape index (κ2) is 8.70. The Morgan fingerprint density at radius 3 is 1.95 bits per heavy atom. The molecule has 108 valence electrons. The SMILES string of the molecule is O=C([c-]1cccc1)N1CCOCC1.[Fe].[cH-]1[cH-][cH-][cH-][cH-]1. The first-order valence-corrected chi connectivity index (χ1v) is 6.13. The minimum absolute atomic E-state index is 0. The fourth-order valence-electron chi connectivity index (χ4n) is 1.79. The summed E-state index contributed by atoms with van der Waals surface area (Å²) in [6.07, 6.45) is 0. The van der Waals surface area contributed by atoms with Gasteiger partial charge >= 0.3 is 0 Å². The Morgan fingerprint density at radius 2 is 1.47 bits per heavy atom. The van der Waals surface area contributed by atoms with Crippen LogP contribution < -0.4 is 0 Å². The van der Waals surface area contributed by atoms with Gasteiger partial charge in [-0.15, -0.1) is 0 Å². The summed E-state index contributed by atoms with van der Waals surface area (Å²) in [7, 11) is 0. The maximum absolute atomic E-state index is 11.7. The fraction of sp³-hybridized carbons (Fsp3) is 0.267. The molecule has 0 unspecified atom stereocenters. The molecule has 0 aromatic heterocycles. The fourth-order valence-corrected chi connectivity index (χ4v) is 1.79. The van der Waals surface area contributed by atoms with E-state index in [0.717, 1.165) is 5.56 Å². The van der Waals surface area contributed by atoms with Crippen LogP contribution >= 0.6 is 0 Å². The minimum atomic E-state index is 0. The van der Waals surface area contributed by atoms with Gasteiger partial charge in [-0.05, 0) is 0 Å². The zero-order valence-corrected chi connectivity index (χ0v) is 11.7. The summed E-state index contributed by atoms with van der Waals surface area (Å²) in [5, 5.41) is 0. The first kappa shape index (κ1) is 15.7. The van der Waals surface area contributed by atoms with Crippen LogP contribution in [0.5, 0.6) is 0 Å². The quantitative estimate of drug-likeness (QED) is 0.597. The van der Waals surface area contributed by atoms with Crippen molar-refractivity contribution in [3.05, 3.63) is 60.2 Å². The second-order valence-electron chi connectivity index (χ2n) is 4.04. The molecule has 2 aromatic rings. The van der Waals surface area contributed by atoms with Crippen LogP contribution in [0, 0.1) is 0 Å². The molecule has 1 amide bonds. The van der Waals surface area contributed by atoms with Crippen LogP contribution in [-0.2, 0) is 21.8 Å². The van der Waals surface area contributed by atoms with Crippen molar-refractivity contribution >= 4 is 5.91 Å². The summed E-state index contributed by atoms with van der Waals surface area (Å²) < 4.78 is 5.17. The van der Waals surface area contributed by atoms with Crippen molar-refractivity contribution in [3.63, 3.8) is 0 Å². The van der Waals surface area contributed by atoms with Crippen LogP contribution in [0.4, 0.5) is 0 Å². The number of rotatable bonds is 1. The van der Waals surface area contributed by atoms with E-state index in [9.17, 15) is 4.79 Å². The number of carbonyl (C=O) groups excluding carboxylic acids is 1. The number of hydrogen-bond donors (Lipinski definition) is 0. The van der Waals surface area contributed by atoms with Crippen molar-refractivity contribution in [3.8, 4) is 0 Å². The monoisotopic (exact) mass is 299 g/mol. The van der Waals surface area contributed by atoms with Crippen molar-refractivity contribution in [1.82, 2.24) is 4.90 Å². The summed E-state index contributed by atoms with van der Waals surface area (Å²) >= 11 is 0. The molecule has 1 aliphatic heterocycles. The molecule has 0 spiro atoms. The second-order valence-corrected chi connectivity index (χ2v) is 4.04. The Balaban J connectivity index is 0.000000256. The first-order valence-electron chi connectivity index (χ1n) is 6.13. The maximum Gasteiger partial charge on any atom is 0.198 e. The minimum Gasteiger partial charge on any atom is -0.748 e. The average molecular weight is 299 g/mol. The number of nitrogens with zero attached hydrogens (tertiary/aromatic N) is 1.